The summed E-state index contributed by atoms with van der Waals surface area (Å²) in [5, 5.41) is 10.7. The van der Waals surface area contributed by atoms with Gasteiger partial charge in [-0.15, -0.1) is 0 Å². The Labute approximate surface area is 133 Å². The average Bonchev–Trinajstić information content (AvgIpc) is 2.78. The number of aryl methyl sites for hydroxylation is 1. The molecule has 0 saturated heterocycles. The van der Waals surface area contributed by atoms with Gasteiger partial charge in [0, 0.05) is 15.5 Å². The molecular weight excluding hydrogens is 307 g/mol. The van der Waals surface area contributed by atoms with E-state index in [0.29, 0.717) is 10.0 Å². The predicted octanol–water partition coefficient (Wildman–Crippen LogP) is 4.70. The quantitative estimate of drug-likeness (QED) is 0.889. The van der Waals surface area contributed by atoms with E-state index in [9.17, 15) is 9.90 Å². The molecule has 108 valence electrons. The zero-order valence-corrected chi connectivity index (χ0v) is 12.8. The topological polar surface area (TPSA) is 37.3 Å². The fraction of sp³-hybridized carbons (Fsp3) is 0.235. The van der Waals surface area contributed by atoms with Crippen LogP contribution in [0.1, 0.15) is 29.5 Å². The number of benzene rings is 2. The summed E-state index contributed by atoms with van der Waals surface area (Å²) >= 11 is 12.0. The largest absolute Gasteiger partial charge is 0.481 e. The van der Waals surface area contributed by atoms with E-state index in [2.05, 4.69) is 0 Å². The van der Waals surface area contributed by atoms with Gasteiger partial charge in [0.05, 0.1) is 6.42 Å². The van der Waals surface area contributed by atoms with Gasteiger partial charge in [-0.2, -0.15) is 0 Å². The Morgan fingerprint density at radius 1 is 1.10 bits per heavy atom. The van der Waals surface area contributed by atoms with E-state index >= 15 is 0 Å². The van der Waals surface area contributed by atoms with Gasteiger partial charge in [0.15, 0.2) is 0 Å². The molecule has 1 N–H and O–H groups in total. The molecule has 2 nitrogen and oxygen atoms in total. The monoisotopic (exact) mass is 320 g/mol. The van der Waals surface area contributed by atoms with Gasteiger partial charge in [0.2, 0.25) is 0 Å². The molecular formula is C17H14Cl2O2. The van der Waals surface area contributed by atoms with Gasteiger partial charge in [-0.05, 0) is 53.8 Å². The van der Waals surface area contributed by atoms with Crippen molar-refractivity contribution in [3.05, 3.63) is 69.2 Å². The highest BCUT2D eigenvalue weighted by Crippen LogP contribution is 2.47. The van der Waals surface area contributed by atoms with Crippen LogP contribution in [0.5, 0.6) is 0 Å². The molecule has 0 spiro atoms. The lowest BCUT2D eigenvalue weighted by molar-refractivity contribution is -0.138. The number of rotatable bonds is 3. The molecule has 4 heteroatoms. The van der Waals surface area contributed by atoms with Crippen molar-refractivity contribution in [1.82, 2.24) is 0 Å². The minimum absolute atomic E-state index is 0.0727. The van der Waals surface area contributed by atoms with Crippen LogP contribution in [0, 0.1) is 0 Å². The van der Waals surface area contributed by atoms with Crippen LogP contribution in [-0.4, -0.2) is 11.1 Å². The van der Waals surface area contributed by atoms with Crippen molar-refractivity contribution < 1.29 is 9.90 Å². The Balaban J connectivity index is 2.17. The molecule has 0 aliphatic heterocycles. The number of fused-ring (bicyclic) bond motifs is 1. The fourth-order valence-corrected chi connectivity index (χ4v) is 3.65. The van der Waals surface area contributed by atoms with Crippen molar-refractivity contribution in [3.63, 3.8) is 0 Å². The van der Waals surface area contributed by atoms with Gasteiger partial charge in [-0.25, -0.2) is 0 Å². The van der Waals surface area contributed by atoms with Crippen LogP contribution in [-0.2, 0) is 16.6 Å². The Kier molecular flexibility index (Phi) is 3.68. The predicted molar refractivity (Wildman–Crippen MR) is 84.3 cm³/mol. The van der Waals surface area contributed by atoms with Gasteiger partial charge in [0.25, 0.3) is 0 Å². The van der Waals surface area contributed by atoms with E-state index in [1.165, 1.54) is 0 Å². The second-order valence-corrected chi connectivity index (χ2v) is 6.33. The van der Waals surface area contributed by atoms with Crippen molar-refractivity contribution >= 4 is 29.2 Å². The number of aliphatic carboxylic acids is 1. The zero-order chi connectivity index (χ0) is 15.0. The molecule has 0 heterocycles. The number of halogens is 2. The zero-order valence-electron chi connectivity index (χ0n) is 11.3. The third-order valence-corrected chi connectivity index (χ3v) is 4.74. The van der Waals surface area contributed by atoms with Crippen LogP contribution in [0.3, 0.4) is 0 Å². The average molecular weight is 321 g/mol. The minimum atomic E-state index is -0.798. The maximum atomic E-state index is 11.4. The summed E-state index contributed by atoms with van der Waals surface area (Å²) in [7, 11) is 0. The molecule has 21 heavy (non-hydrogen) atoms. The summed E-state index contributed by atoms with van der Waals surface area (Å²) in [6, 6.07) is 13.2. The highest BCUT2D eigenvalue weighted by molar-refractivity contribution is 6.30. The molecule has 0 amide bonds. The second kappa shape index (κ2) is 5.36. The molecule has 1 aliphatic rings. The van der Waals surface area contributed by atoms with Crippen LogP contribution in [0.4, 0.5) is 0 Å². The number of carboxylic acids is 1. The maximum Gasteiger partial charge on any atom is 0.304 e. The maximum absolute atomic E-state index is 11.4. The van der Waals surface area contributed by atoms with Crippen molar-refractivity contribution in [2.75, 3.05) is 0 Å². The summed E-state index contributed by atoms with van der Waals surface area (Å²) < 4.78 is 0. The van der Waals surface area contributed by atoms with E-state index < -0.39 is 11.4 Å². The number of hydrogen-bond acceptors (Lipinski definition) is 1. The van der Waals surface area contributed by atoms with E-state index in [4.69, 9.17) is 23.2 Å². The summed E-state index contributed by atoms with van der Waals surface area (Å²) in [6.45, 7) is 0. The van der Waals surface area contributed by atoms with Gasteiger partial charge < -0.3 is 5.11 Å². The lowest BCUT2D eigenvalue weighted by Crippen LogP contribution is -2.28. The normalized spacial score (nSPS) is 20.3. The third kappa shape index (κ3) is 2.54. The van der Waals surface area contributed by atoms with Gasteiger partial charge >= 0.3 is 5.97 Å². The lowest BCUT2D eigenvalue weighted by Gasteiger charge is -2.29. The van der Waals surface area contributed by atoms with Crippen molar-refractivity contribution in [2.45, 2.75) is 24.7 Å². The molecule has 0 bridgehead atoms. The van der Waals surface area contributed by atoms with Crippen LogP contribution < -0.4 is 0 Å². The number of carboxylic acid groups (broad SMARTS) is 1. The van der Waals surface area contributed by atoms with E-state index in [1.807, 2.05) is 42.5 Å². The van der Waals surface area contributed by atoms with Crippen molar-refractivity contribution in [2.24, 2.45) is 0 Å². The Bertz CT molecular complexity index is 694. The first-order chi connectivity index (χ1) is 10.0. The molecule has 1 unspecified atom stereocenters. The number of carbonyl (C=O) groups is 1. The first-order valence-corrected chi connectivity index (χ1v) is 7.54. The van der Waals surface area contributed by atoms with Gasteiger partial charge in [0.1, 0.15) is 0 Å². The summed E-state index contributed by atoms with van der Waals surface area (Å²) in [6.07, 6.45) is 1.69. The van der Waals surface area contributed by atoms with Gasteiger partial charge in [-0.3, -0.25) is 4.79 Å². The van der Waals surface area contributed by atoms with E-state index in [0.717, 1.165) is 29.5 Å². The summed E-state index contributed by atoms with van der Waals surface area (Å²) in [5.41, 5.74) is 2.71. The Morgan fingerprint density at radius 3 is 2.43 bits per heavy atom. The smallest absolute Gasteiger partial charge is 0.304 e. The Morgan fingerprint density at radius 2 is 1.76 bits per heavy atom. The highest BCUT2D eigenvalue weighted by Gasteiger charge is 2.42. The molecule has 0 radical (unpaired) electrons. The molecule has 0 aromatic heterocycles. The van der Waals surface area contributed by atoms with Crippen LogP contribution >= 0.6 is 23.2 Å². The van der Waals surface area contributed by atoms with Crippen LogP contribution in [0.2, 0.25) is 10.0 Å². The third-order valence-electron chi connectivity index (χ3n) is 4.25. The molecule has 2 aromatic carbocycles. The molecule has 3 rings (SSSR count). The molecule has 0 fully saturated rings. The van der Waals surface area contributed by atoms with E-state index in [1.54, 1.807) is 0 Å². The first-order valence-electron chi connectivity index (χ1n) is 6.78. The second-order valence-electron chi connectivity index (χ2n) is 5.46. The number of hydrogen-bond donors (Lipinski definition) is 1. The van der Waals surface area contributed by atoms with Crippen LogP contribution in [0.15, 0.2) is 42.5 Å². The van der Waals surface area contributed by atoms with Crippen molar-refractivity contribution in [3.8, 4) is 0 Å². The molecule has 2 aromatic rings. The Hall–Kier alpha value is -1.51. The molecule has 1 atom stereocenters. The SMILES string of the molecule is O=C(O)CC1(c2ccc(Cl)cc2)CCc2cc(Cl)ccc21. The van der Waals surface area contributed by atoms with Crippen molar-refractivity contribution in [1.29, 1.82) is 0 Å². The van der Waals surface area contributed by atoms with Gasteiger partial charge in [-0.1, -0.05) is 41.4 Å². The lowest BCUT2D eigenvalue weighted by atomic mass is 9.73. The summed E-state index contributed by atoms with van der Waals surface area (Å²) in [4.78, 5) is 11.4. The molecule has 0 saturated carbocycles. The summed E-state index contributed by atoms with van der Waals surface area (Å²) in [5.74, 6) is -0.798. The van der Waals surface area contributed by atoms with E-state index in [-0.39, 0.29) is 6.42 Å². The molecule has 1 aliphatic carbocycles. The fourth-order valence-electron chi connectivity index (χ4n) is 3.33. The standard InChI is InChI=1S/C17H14Cl2O2/c18-13-3-1-12(2-4-13)17(10-16(20)21)8-7-11-9-14(19)5-6-15(11)17/h1-6,9H,7-8,10H2,(H,20,21). The minimum Gasteiger partial charge on any atom is -0.481 e. The van der Waals surface area contributed by atoms with Crippen LogP contribution in [0.25, 0.3) is 0 Å². The highest BCUT2D eigenvalue weighted by atomic mass is 35.5. The first kappa shape index (κ1) is 14.4.